The van der Waals surface area contributed by atoms with Crippen LogP contribution in [0.1, 0.15) is 17.7 Å². The molecule has 2 aromatic rings. The number of benzene rings is 1. The molecule has 1 aromatic heterocycles. The first-order valence-corrected chi connectivity index (χ1v) is 6.44. The van der Waals surface area contributed by atoms with E-state index in [1.807, 2.05) is 31.2 Å². The molecular weight excluding hydrogens is 258 g/mol. The van der Waals surface area contributed by atoms with Crippen LogP contribution in [0.15, 0.2) is 30.5 Å². The fourth-order valence-corrected chi connectivity index (χ4v) is 1.76. The third-order valence-electron chi connectivity index (χ3n) is 2.85. The van der Waals surface area contributed by atoms with Crippen molar-refractivity contribution in [1.82, 2.24) is 15.0 Å². The molecule has 0 saturated carbocycles. The minimum Gasteiger partial charge on any atom is -0.491 e. The molecule has 0 amide bonds. The number of carboxylic acid groups (broad SMARTS) is 1. The molecule has 2 rings (SSSR count). The van der Waals surface area contributed by atoms with Gasteiger partial charge in [0.2, 0.25) is 0 Å². The Hall–Kier alpha value is -2.37. The molecule has 0 bridgehead atoms. The van der Waals surface area contributed by atoms with Gasteiger partial charge in [-0.05, 0) is 18.6 Å². The summed E-state index contributed by atoms with van der Waals surface area (Å²) in [5.41, 5.74) is 1.77. The molecule has 0 saturated heterocycles. The lowest BCUT2D eigenvalue weighted by Gasteiger charge is -2.08. The number of ether oxygens (including phenoxy) is 1. The zero-order valence-corrected chi connectivity index (χ0v) is 11.3. The molecule has 0 unspecified atom stereocenters. The van der Waals surface area contributed by atoms with Gasteiger partial charge in [0.15, 0.2) is 0 Å². The number of para-hydroxylation sites is 1. The van der Waals surface area contributed by atoms with E-state index in [2.05, 4.69) is 10.3 Å². The van der Waals surface area contributed by atoms with Crippen LogP contribution in [0.5, 0.6) is 5.75 Å². The molecule has 0 aliphatic heterocycles. The van der Waals surface area contributed by atoms with Crippen molar-refractivity contribution in [2.45, 2.75) is 26.3 Å². The zero-order chi connectivity index (χ0) is 14.4. The van der Waals surface area contributed by atoms with Crippen molar-refractivity contribution in [3.63, 3.8) is 0 Å². The van der Waals surface area contributed by atoms with E-state index in [4.69, 9.17) is 9.84 Å². The van der Waals surface area contributed by atoms with Crippen LogP contribution in [-0.2, 0) is 17.8 Å². The zero-order valence-electron chi connectivity index (χ0n) is 11.3. The second kappa shape index (κ2) is 6.70. The van der Waals surface area contributed by atoms with Gasteiger partial charge in [-0.1, -0.05) is 23.4 Å². The van der Waals surface area contributed by atoms with Crippen LogP contribution in [0.2, 0.25) is 0 Å². The highest BCUT2D eigenvalue weighted by Crippen LogP contribution is 2.15. The van der Waals surface area contributed by atoms with Crippen molar-refractivity contribution < 1.29 is 14.6 Å². The summed E-state index contributed by atoms with van der Waals surface area (Å²) >= 11 is 0. The minimum atomic E-state index is -0.831. The Morgan fingerprint density at radius 3 is 2.95 bits per heavy atom. The highest BCUT2D eigenvalue weighted by atomic mass is 16.5. The number of nitrogens with zero attached hydrogens (tertiary/aromatic N) is 3. The van der Waals surface area contributed by atoms with Crippen molar-refractivity contribution in [1.29, 1.82) is 0 Å². The van der Waals surface area contributed by atoms with E-state index in [0.717, 1.165) is 11.3 Å². The van der Waals surface area contributed by atoms with E-state index in [9.17, 15) is 4.79 Å². The first-order valence-electron chi connectivity index (χ1n) is 6.44. The summed E-state index contributed by atoms with van der Waals surface area (Å²) in [6.45, 7) is 3.07. The Kier molecular flexibility index (Phi) is 4.70. The summed E-state index contributed by atoms with van der Waals surface area (Å²) in [6, 6.07) is 7.82. The molecule has 0 atom stereocenters. The number of hydrogen-bond acceptors (Lipinski definition) is 4. The van der Waals surface area contributed by atoms with Gasteiger partial charge in [0.1, 0.15) is 12.4 Å². The van der Waals surface area contributed by atoms with Gasteiger partial charge in [-0.3, -0.25) is 4.79 Å². The summed E-state index contributed by atoms with van der Waals surface area (Å²) in [6.07, 6.45) is 2.22. The Balaban J connectivity index is 1.80. The molecule has 6 nitrogen and oxygen atoms in total. The van der Waals surface area contributed by atoms with Crippen molar-refractivity contribution in [3.05, 3.63) is 41.7 Å². The Labute approximate surface area is 117 Å². The molecule has 6 heteroatoms. The van der Waals surface area contributed by atoms with Crippen LogP contribution in [-0.4, -0.2) is 32.7 Å². The third-order valence-corrected chi connectivity index (χ3v) is 2.85. The Morgan fingerprint density at radius 1 is 1.40 bits per heavy atom. The molecule has 106 valence electrons. The summed E-state index contributed by atoms with van der Waals surface area (Å²) in [5.74, 6) is 0.0288. The van der Waals surface area contributed by atoms with Crippen LogP contribution in [0.3, 0.4) is 0 Å². The second-order valence-corrected chi connectivity index (χ2v) is 4.48. The molecule has 1 N–H and O–H groups in total. The lowest BCUT2D eigenvalue weighted by molar-refractivity contribution is -0.136. The van der Waals surface area contributed by atoms with E-state index < -0.39 is 5.97 Å². The maximum absolute atomic E-state index is 10.5. The molecule has 1 aromatic carbocycles. The summed E-state index contributed by atoms with van der Waals surface area (Å²) in [4.78, 5) is 10.5. The highest BCUT2D eigenvalue weighted by Gasteiger charge is 2.04. The predicted molar refractivity (Wildman–Crippen MR) is 72.7 cm³/mol. The van der Waals surface area contributed by atoms with Gasteiger partial charge in [0.05, 0.1) is 18.7 Å². The van der Waals surface area contributed by atoms with E-state index >= 15 is 0 Å². The van der Waals surface area contributed by atoms with Gasteiger partial charge < -0.3 is 9.84 Å². The number of carboxylic acids is 1. The van der Waals surface area contributed by atoms with Gasteiger partial charge in [0.25, 0.3) is 0 Å². The van der Waals surface area contributed by atoms with Gasteiger partial charge in [0, 0.05) is 12.6 Å². The predicted octanol–water partition coefficient (Wildman–Crippen LogP) is 1.68. The summed E-state index contributed by atoms with van der Waals surface area (Å²) in [5, 5.41) is 16.5. The average Bonchev–Trinajstić information content (AvgIpc) is 2.87. The quantitative estimate of drug-likeness (QED) is 0.832. The fourth-order valence-electron chi connectivity index (χ4n) is 1.76. The van der Waals surface area contributed by atoms with Crippen LogP contribution in [0.25, 0.3) is 0 Å². The van der Waals surface area contributed by atoms with E-state index in [-0.39, 0.29) is 6.42 Å². The highest BCUT2D eigenvalue weighted by molar-refractivity contribution is 5.66. The summed E-state index contributed by atoms with van der Waals surface area (Å²) in [7, 11) is 0. The van der Waals surface area contributed by atoms with Gasteiger partial charge in [-0.2, -0.15) is 0 Å². The van der Waals surface area contributed by atoms with Crippen LogP contribution in [0, 0.1) is 6.92 Å². The number of aryl methyl sites for hydroxylation is 2. The third kappa shape index (κ3) is 4.08. The molecule has 0 radical (unpaired) electrons. The van der Waals surface area contributed by atoms with Crippen LogP contribution in [0.4, 0.5) is 0 Å². The first kappa shape index (κ1) is 14.0. The smallest absolute Gasteiger partial charge is 0.303 e. The molecule has 0 spiro atoms. The number of carbonyl (C=O) groups is 1. The van der Waals surface area contributed by atoms with Crippen molar-refractivity contribution >= 4 is 5.97 Å². The maximum atomic E-state index is 10.5. The molecule has 0 aliphatic carbocycles. The van der Waals surface area contributed by atoms with Crippen molar-refractivity contribution in [2.24, 2.45) is 0 Å². The molecule has 0 fully saturated rings. The number of aromatic nitrogens is 3. The van der Waals surface area contributed by atoms with E-state index in [1.54, 1.807) is 10.9 Å². The van der Waals surface area contributed by atoms with Crippen LogP contribution >= 0.6 is 0 Å². The lowest BCUT2D eigenvalue weighted by atomic mass is 10.2. The largest absolute Gasteiger partial charge is 0.491 e. The van der Waals surface area contributed by atoms with Crippen molar-refractivity contribution in [2.75, 3.05) is 6.61 Å². The minimum absolute atomic E-state index is 0.0679. The Morgan fingerprint density at radius 2 is 2.20 bits per heavy atom. The monoisotopic (exact) mass is 275 g/mol. The molecule has 20 heavy (non-hydrogen) atoms. The first-order chi connectivity index (χ1) is 9.65. The number of hydrogen-bond donors (Lipinski definition) is 1. The maximum Gasteiger partial charge on any atom is 0.303 e. The number of aliphatic carboxylic acids is 1. The molecule has 0 aliphatic rings. The van der Waals surface area contributed by atoms with E-state index in [0.29, 0.717) is 25.3 Å². The molecule has 1 heterocycles. The SMILES string of the molecule is Cc1ccccc1OCCn1cc(CCC(=O)O)nn1. The fraction of sp³-hybridized carbons (Fsp3) is 0.357. The summed E-state index contributed by atoms with van der Waals surface area (Å²) < 4.78 is 7.33. The topological polar surface area (TPSA) is 77.2 Å². The lowest BCUT2D eigenvalue weighted by Crippen LogP contribution is -2.09. The van der Waals surface area contributed by atoms with Crippen LogP contribution < -0.4 is 4.74 Å². The number of rotatable bonds is 7. The molecular formula is C14H17N3O3. The van der Waals surface area contributed by atoms with Gasteiger partial charge in [-0.15, -0.1) is 5.10 Å². The van der Waals surface area contributed by atoms with Gasteiger partial charge in [-0.25, -0.2) is 4.68 Å². The van der Waals surface area contributed by atoms with Gasteiger partial charge >= 0.3 is 5.97 Å². The van der Waals surface area contributed by atoms with E-state index in [1.165, 1.54) is 0 Å². The average molecular weight is 275 g/mol. The standard InChI is InChI=1S/C14H17N3O3/c1-11-4-2-3-5-13(11)20-9-8-17-10-12(15-16-17)6-7-14(18)19/h2-5,10H,6-9H2,1H3,(H,18,19). The van der Waals surface area contributed by atoms with Crippen molar-refractivity contribution in [3.8, 4) is 5.75 Å². The second-order valence-electron chi connectivity index (χ2n) is 4.48. The Bertz CT molecular complexity index is 581. The normalized spacial score (nSPS) is 10.4.